The van der Waals surface area contributed by atoms with E-state index in [4.69, 9.17) is 19.9 Å². The smallest absolute Gasteiger partial charge is 0.248 e. The van der Waals surface area contributed by atoms with Gasteiger partial charge in [-0.3, -0.25) is 4.90 Å². The summed E-state index contributed by atoms with van der Waals surface area (Å²) >= 11 is 1.44. The second-order valence-electron chi connectivity index (χ2n) is 7.25. The van der Waals surface area contributed by atoms with E-state index in [1.807, 2.05) is 24.5 Å². The summed E-state index contributed by atoms with van der Waals surface area (Å²) in [7, 11) is 1.61. The molecule has 33 heavy (non-hydrogen) atoms. The number of nitrogen functional groups attached to an aromatic ring is 1. The van der Waals surface area contributed by atoms with Crippen molar-refractivity contribution in [2.24, 2.45) is 0 Å². The number of hydrogen-bond acceptors (Lipinski definition) is 11. The molecule has 0 bridgehead atoms. The molecule has 176 valence electrons. The normalized spacial score (nSPS) is 14.2. The molecule has 0 radical (unpaired) electrons. The van der Waals surface area contributed by atoms with Gasteiger partial charge in [-0.25, -0.2) is 9.97 Å². The molecule has 1 fully saturated rings. The lowest BCUT2D eigenvalue weighted by Gasteiger charge is -2.26. The third-order valence-electron chi connectivity index (χ3n) is 5.05. The zero-order valence-electron chi connectivity index (χ0n) is 18.7. The number of rotatable bonds is 10. The van der Waals surface area contributed by atoms with Gasteiger partial charge in [0.1, 0.15) is 0 Å². The van der Waals surface area contributed by atoms with Gasteiger partial charge in [0.2, 0.25) is 11.9 Å². The summed E-state index contributed by atoms with van der Waals surface area (Å²) < 4.78 is 18.3. The molecule has 12 heteroatoms. The molecule has 0 atom stereocenters. The molecule has 4 rings (SSSR count). The molecule has 0 amide bonds. The maximum absolute atomic E-state index is 6.05. The van der Waals surface area contributed by atoms with Crippen molar-refractivity contribution >= 4 is 29.3 Å². The van der Waals surface area contributed by atoms with Gasteiger partial charge in [-0.05, 0) is 24.8 Å². The monoisotopic (exact) mass is 472 g/mol. The third-order valence-corrected chi connectivity index (χ3v) is 5.61. The van der Waals surface area contributed by atoms with Crippen LogP contribution < -0.4 is 20.5 Å². The Labute approximate surface area is 196 Å². The second-order valence-corrected chi connectivity index (χ2v) is 8.03. The van der Waals surface area contributed by atoms with E-state index in [0.29, 0.717) is 35.0 Å². The molecule has 3 heterocycles. The number of benzene rings is 1. The summed E-state index contributed by atoms with van der Waals surface area (Å²) in [5.74, 6) is 2.42. The predicted octanol–water partition coefficient (Wildman–Crippen LogP) is 2.21. The lowest BCUT2D eigenvalue weighted by atomic mass is 10.2. The summed E-state index contributed by atoms with van der Waals surface area (Å²) in [5.41, 5.74) is 6.80. The Morgan fingerprint density at radius 3 is 2.82 bits per heavy atom. The Kier molecular flexibility index (Phi) is 7.81. The van der Waals surface area contributed by atoms with E-state index in [0.717, 1.165) is 45.0 Å². The molecule has 0 saturated carbocycles. The third kappa shape index (κ3) is 6.03. The number of ether oxygens (including phenoxy) is 3. The lowest BCUT2D eigenvalue weighted by Crippen LogP contribution is -2.37. The number of thioether (sulfide) groups is 1. The molecule has 1 aliphatic heterocycles. The topological polar surface area (TPSA) is 125 Å². The minimum absolute atomic E-state index is 0.218. The molecule has 1 aromatic carbocycles. The molecule has 1 saturated heterocycles. The molecule has 0 aliphatic carbocycles. The van der Waals surface area contributed by atoms with E-state index < -0.39 is 0 Å². The van der Waals surface area contributed by atoms with Crippen LogP contribution in [0, 0.1) is 0 Å². The highest BCUT2D eigenvalue weighted by Gasteiger charge is 2.13. The quantitative estimate of drug-likeness (QED) is 0.256. The van der Waals surface area contributed by atoms with Gasteiger partial charge in [0.25, 0.3) is 0 Å². The van der Waals surface area contributed by atoms with Crippen LogP contribution in [0.5, 0.6) is 11.5 Å². The average molecular weight is 473 g/mol. The van der Waals surface area contributed by atoms with Crippen molar-refractivity contribution in [1.29, 1.82) is 0 Å². The Hall–Kier alpha value is -3.09. The van der Waals surface area contributed by atoms with Crippen LogP contribution in [0.2, 0.25) is 0 Å². The number of methoxy groups -OCH3 is 1. The number of anilines is 3. The predicted molar refractivity (Wildman–Crippen MR) is 127 cm³/mol. The molecule has 0 unspecified atom stereocenters. The van der Waals surface area contributed by atoms with E-state index in [9.17, 15) is 0 Å². The maximum atomic E-state index is 6.05. The van der Waals surface area contributed by atoms with Crippen molar-refractivity contribution in [3.8, 4) is 17.3 Å². The molecule has 3 aromatic rings. The first-order valence-corrected chi connectivity index (χ1v) is 11.9. The van der Waals surface area contributed by atoms with Crippen LogP contribution in [0.3, 0.4) is 0 Å². The summed E-state index contributed by atoms with van der Waals surface area (Å²) in [6.07, 6.45) is 4.50. The lowest BCUT2D eigenvalue weighted by molar-refractivity contribution is 0.0357. The average Bonchev–Trinajstić information content (AvgIpc) is 3.22. The molecule has 2 aromatic heterocycles. The molecule has 3 N–H and O–H groups in total. The number of nitrogens with two attached hydrogens (primary N) is 1. The molecule has 0 spiro atoms. The number of aromatic nitrogens is 5. The van der Waals surface area contributed by atoms with E-state index in [1.54, 1.807) is 19.4 Å². The van der Waals surface area contributed by atoms with Crippen molar-refractivity contribution in [1.82, 2.24) is 29.6 Å². The maximum Gasteiger partial charge on any atom is 0.248 e. The van der Waals surface area contributed by atoms with Crippen molar-refractivity contribution in [2.45, 2.75) is 11.6 Å². The first kappa shape index (κ1) is 23.1. The fourth-order valence-corrected chi connectivity index (χ4v) is 3.73. The van der Waals surface area contributed by atoms with Gasteiger partial charge < -0.3 is 25.3 Å². The largest absolute Gasteiger partial charge is 0.493 e. The fraction of sp³-hybridized carbons (Fsp3) is 0.429. The Balaban J connectivity index is 1.37. The molecular weight excluding hydrogens is 444 g/mol. The van der Waals surface area contributed by atoms with E-state index >= 15 is 0 Å². The molecule has 11 nitrogen and oxygen atoms in total. The summed E-state index contributed by atoms with van der Waals surface area (Å²) in [5, 5.41) is 8.19. The fourth-order valence-electron chi connectivity index (χ4n) is 3.38. The number of hydrogen-bond donors (Lipinski definition) is 2. The summed E-state index contributed by atoms with van der Waals surface area (Å²) in [6.45, 7) is 5.17. The van der Waals surface area contributed by atoms with Crippen molar-refractivity contribution in [3.05, 3.63) is 30.5 Å². The standard InChI is InChI=1S/C21H28N8O3S/c1-30-17-14-15(4-5-16(17)32-11-3-8-28-9-12-31-13-10-28)24-20-26-19(22)29(27-20)18-6-7-23-21(25-18)33-2/h4-7,14H,3,8-13H2,1-2H3,(H3,22,24,26,27). The van der Waals surface area contributed by atoms with Gasteiger partial charge in [-0.15, -0.1) is 5.10 Å². The number of morpholine rings is 1. The minimum Gasteiger partial charge on any atom is -0.493 e. The number of nitrogens with zero attached hydrogens (tertiary/aromatic N) is 6. The van der Waals surface area contributed by atoms with E-state index in [-0.39, 0.29) is 5.95 Å². The highest BCUT2D eigenvalue weighted by Crippen LogP contribution is 2.31. The van der Waals surface area contributed by atoms with Crippen molar-refractivity contribution in [3.63, 3.8) is 0 Å². The highest BCUT2D eigenvalue weighted by molar-refractivity contribution is 7.98. The second kappa shape index (κ2) is 11.2. The summed E-state index contributed by atoms with van der Waals surface area (Å²) in [4.78, 5) is 15.2. The Morgan fingerprint density at radius 2 is 2.03 bits per heavy atom. The van der Waals surface area contributed by atoms with Crippen LogP contribution in [0.1, 0.15) is 6.42 Å². The van der Waals surface area contributed by atoms with Crippen LogP contribution in [-0.4, -0.2) is 82.5 Å². The summed E-state index contributed by atoms with van der Waals surface area (Å²) in [6, 6.07) is 7.31. The first-order valence-electron chi connectivity index (χ1n) is 10.6. The van der Waals surface area contributed by atoms with Crippen LogP contribution in [0.25, 0.3) is 5.82 Å². The number of nitrogens with one attached hydrogen (secondary N) is 1. The Bertz CT molecular complexity index is 1060. The van der Waals surface area contributed by atoms with Gasteiger partial charge >= 0.3 is 0 Å². The van der Waals surface area contributed by atoms with Crippen molar-refractivity contribution < 1.29 is 14.2 Å². The van der Waals surface area contributed by atoms with Gasteiger partial charge in [0.05, 0.1) is 26.9 Å². The van der Waals surface area contributed by atoms with Crippen molar-refractivity contribution in [2.75, 3.05) is 63.9 Å². The first-order chi connectivity index (χ1) is 16.2. The van der Waals surface area contributed by atoms with Gasteiger partial charge in [0.15, 0.2) is 22.5 Å². The highest BCUT2D eigenvalue weighted by atomic mass is 32.2. The van der Waals surface area contributed by atoms with E-state index in [1.165, 1.54) is 16.4 Å². The van der Waals surface area contributed by atoms with E-state index in [2.05, 4.69) is 30.3 Å². The zero-order valence-corrected chi connectivity index (χ0v) is 19.5. The SMILES string of the molecule is COc1cc(Nc2nc(N)n(-c3ccnc(SC)n3)n2)ccc1OCCCN1CCOCC1. The zero-order chi connectivity index (χ0) is 23.0. The minimum atomic E-state index is 0.218. The van der Waals surface area contributed by atoms with Crippen LogP contribution in [-0.2, 0) is 4.74 Å². The molecular formula is C21H28N8O3S. The molecule has 1 aliphatic rings. The van der Waals surface area contributed by atoms with Gasteiger partial charge in [0, 0.05) is 43.7 Å². The van der Waals surface area contributed by atoms with Gasteiger partial charge in [-0.1, -0.05) is 11.8 Å². The van der Waals surface area contributed by atoms with Crippen LogP contribution in [0.4, 0.5) is 17.6 Å². The Morgan fingerprint density at radius 1 is 1.18 bits per heavy atom. The van der Waals surface area contributed by atoms with Crippen LogP contribution >= 0.6 is 11.8 Å². The van der Waals surface area contributed by atoms with Crippen LogP contribution in [0.15, 0.2) is 35.6 Å². The van der Waals surface area contributed by atoms with Gasteiger partial charge in [-0.2, -0.15) is 9.67 Å².